The fraction of sp³-hybridized carbons (Fsp3) is 0.533. The van der Waals surface area contributed by atoms with Crippen molar-refractivity contribution in [3.63, 3.8) is 0 Å². The van der Waals surface area contributed by atoms with Crippen molar-refractivity contribution in [2.75, 3.05) is 26.9 Å². The Morgan fingerprint density at radius 3 is 2.67 bits per heavy atom. The van der Waals surface area contributed by atoms with E-state index in [2.05, 4.69) is 26.2 Å². The van der Waals surface area contributed by atoms with Crippen molar-refractivity contribution in [1.29, 1.82) is 0 Å². The minimum atomic E-state index is -0.730. The largest absolute Gasteiger partial charge is 0.444 e. The van der Waals surface area contributed by atoms with E-state index in [1.165, 1.54) is 11.1 Å². The van der Waals surface area contributed by atoms with Crippen LogP contribution in [0.1, 0.15) is 31.3 Å². The number of amides is 2. The molecule has 0 aliphatic carbocycles. The highest BCUT2D eigenvalue weighted by atomic mass is 79.9. The lowest BCUT2D eigenvalue weighted by molar-refractivity contribution is 0.0219. The first-order chi connectivity index (χ1) is 11.1. The number of hydrogen-bond donors (Lipinski definition) is 1. The van der Waals surface area contributed by atoms with Gasteiger partial charge >= 0.3 is 6.09 Å². The summed E-state index contributed by atoms with van der Waals surface area (Å²) in [7, 11) is 1.58. The van der Waals surface area contributed by atoms with Gasteiger partial charge in [-0.05, 0) is 42.8 Å². The van der Waals surface area contributed by atoms with Crippen molar-refractivity contribution in [3.05, 3.63) is 28.2 Å². The molecule has 134 valence electrons. The normalized spacial score (nSPS) is 11.1. The number of aromatic nitrogens is 1. The highest BCUT2D eigenvalue weighted by molar-refractivity contribution is 9.10. The molecule has 2 amide bonds. The van der Waals surface area contributed by atoms with E-state index in [-0.39, 0.29) is 25.6 Å². The molecule has 0 spiro atoms. The maximum Gasteiger partial charge on any atom is 0.410 e. The van der Waals surface area contributed by atoms with E-state index in [9.17, 15) is 14.0 Å². The Morgan fingerprint density at radius 2 is 2.08 bits per heavy atom. The maximum atomic E-state index is 13.6. The summed E-state index contributed by atoms with van der Waals surface area (Å²) in [5, 5.41) is 2.39. The van der Waals surface area contributed by atoms with Crippen LogP contribution >= 0.6 is 15.9 Å². The molecule has 0 unspecified atom stereocenters. The highest BCUT2D eigenvalue weighted by Gasteiger charge is 2.19. The van der Waals surface area contributed by atoms with Gasteiger partial charge in [0.2, 0.25) is 0 Å². The molecule has 1 rings (SSSR count). The van der Waals surface area contributed by atoms with Crippen molar-refractivity contribution in [2.24, 2.45) is 0 Å². The fourth-order valence-corrected chi connectivity index (χ4v) is 1.79. The second kappa shape index (κ2) is 8.93. The molecule has 1 aromatic rings. The second-order valence-electron chi connectivity index (χ2n) is 5.94. The molecule has 0 atom stereocenters. The van der Waals surface area contributed by atoms with E-state index < -0.39 is 23.4 Å². The molecule has 24 heavy (non-hydrogen) atoms. The Morgan fingerprint density at radius 1 is 1.42 bits per heavy atom. The van der Waals surface area contributed by atoms with Crippen LogP contribution in [0.2, 0.25) is 0 Å². The lowest BCUT2D eigenvalue weighted by Gasteiger charge is -2.24. The Hall–Kier alpha value is -1.74. The van der Waals surface area contributed by atoms with Crippen molar-refractivity contribution in [1.82, 2.24) is 15.2 Å². The Bertz CT molecular complexity index is 593. The Kier molecular flexibility index (Phi) is 7.56. The van der Waals surface area contributed by atoms with Crippen LogP contribution < -0.4 is 5.32 Å². The third kappa shape index (κ3) is 7.22. The van der Waals surface area contributed by atoms with Crippen LogP contribution in [0.5, 0.6) is 0 Å². The SMILES string of the molecule is CN(CCOCNC(=O)c1ncc(Br)cc1F)C(=O)OC(C)(C)C. The zero-order valence-corrected chi connectivity index (χ0v) is 15.6. The van der Waals surface area contributed by atoms with Gasteiger partial charge < -0.3 is 19.7 Å². The summed E-state index contributed by atoms with van der Waals surface area (Å²) in [6, 6.07) is 1.15. The summed E-state index contributed by atoms with van der Waals surface area (Å²) in [6.45, 7) is 5.68. The number of nitrogens with one attached hydrogen (secondary N) is 1. The van der Waals surface area contributed by atoms with E-state index in [4.69, 9.17) is 9.47 Å². The molecule has 0 bridgehead atoms. The van der Waals surface area contributed by atoms with Crippen LogP contribution in [-0.4, -0.2) is 54.4 Å². The third-order valence-corrected chi connectivity index (χ3v) is 3.07. The summed E-state index contributed by atoms with van der Waals surface area (Å²) in [5.41, 5.74) is -0.880. The standard InChI is InChI=1S/C15H21BrFN3O4/c1-15(2,3)24-14(22)20(4)5-6-23-9-19-13(21)12-11(17)7-10(16)8-18-12/h7-8H,5-6,9H2,1-4H3,(H,19,21). The summed E-state index contributed by atoms with van der Waals surface area (Å²) < 4.78 is 24.4. The van der Waals surface area contributed by atoms with E-state index >= 15 is 0 Å². The molecule has 0 fully saturated rings. The molecule has 1 aromatic heterocycles. The van der Waals surface area contributed by atoms with Gasteiger partial charge in [0.05, 0.1) is 6.61 Å². The number of nitrogens with zero attached hydrogens (tertiary/aromatic N) is 2. The average molecular weight is 406 g/mol. The first kappa shape index (κ1) is 20.3. The van der Waals surface area contributed by atoms with Crippen LogP contribution in [0, 0.1) is 5.82 Å². The van der Waals surface area contributed by atoms with E-state index in [0.29, 0.717) is 4.47 Å². The predicted octanol–water partition coefficient (Wildman–Crippen LogP) is 2.55. The monoisotopic (exact) mass is 405 g/mol. The maximum absolute atomic E-state index is 13.6. The summed E-state index contributed by atoms with van der Waals surface area (Å²) in [5.74, 6) is -1.41. The molecule has 0 saturated carbocycles. The zero-order valence-electron chi connectivity index (χ0n) is 14.1. The first-order valence-corrected chi connectivity index (χ1v) is 8.00. The van der Waals surface area contributed by atoms with E-state index in [0.717, 1.165) is 6.07 Å². The highest BCUT2D eigenvalue weighted by Crippen LogP contribution is 2.12. The van der Waals surface area contributed by atoms with Crippen molar-refractivity contribution in [3.8, 4) is 0 Å². The molecule has 0 saturated heterocycles. The molecule has 1 N–H and O–H groups in total. The quantitative estimate of drug-likeness (QED) is 0.580. The van der Waals surface area contributed by atoms with Gasteiger partial charge in [0.25, 0.3) is 5.91 Å². The van der Waals surface area contributed by atoms with Gasteiger partial charge in [-0.2, -0.15) is 0 Å². The first-order valence-electron chi connectivity index (χ1n) is 7.21. The van der Waals surface area contributed by atoms with Gasteiger partial charge in [-0.3, -0.25) is 4.79 Å². The van der Waals surface area contributed by atoms with Crippen molar-refractivity contribution >= 4 is 27.9 Å². The molecule has 7 nitrogen and oxygen atoms in total. The number of carbonyl (C=O) groups is 2. The molecule has 0 aromatic carbocycles. The number of halogens is 2. The lowest BCUT2D eigenvalue weighted by Crippen LogP contribution is -2.36. The lowest BCUT2D eigenvalue weighted by atomic mass is 10.2. The molecule has 0 radical (unpaired) electrons. The average Bonchev–Trinajstić information content (AvgIpc) is 2.44. The van der Waals surface area contributed by atoms with Gasteiger partial charge in [-0.25, -0.2) is 14.2 Å². The molecule has 0 aliphatic heterocycles. The van der Waals surface area contributed by atoms with Gasteiger partial charge in [-0.15, -0.1) is 0 Å². The van der Waals surface area contributed by atoms with Crippen LogP contribution in [0.15, 0.2) is 16.7 Å². The van der Waals surface area contributed by atoms with Crippen molar-refractivity contribution in [2.45, 2.75) is 26.4 Å². The Labute approximate surface area is 148 Å². The number of rotatable bonds is 6. The van der Waals surface area contributed by atoms with Gasteiger partial charge in [0.1, 0.15) is 12.3 Å². The van der Waals surface area contributed by atoms with Crippen LogP contribution in [-0.2, 0) is 9.47 Å². The zero-order chi connectivity index (χ0) is 18.3. The molecule has 9 heteroatoms. The van der Waals surface area contributed by atoms with Crippen LogP contribution in [0.4, 0.5) is 9.18 Å². The second-order valence-corrected chi connectivity index (χ2v) is 6.86. The summed E-state index contributed by atoms with van der Waals surface area (Å²) in [4.78, 5) is 28.5. The molecule has 0 aliphatic rings. The number of hydrogen-bond acceptors (Lipinski definition) is 5. The smallest absolute Gasteiger partial charge is 0.410 e. The van der Waals surface area contributed by atoms with Gasteiger partial charge in [-0.1, -0.05) is 0 Å². The fourth-order valence-electron chi connectivity index (χ4n) is 1.49. The third-order valence-electron chi connectivity index (χ3n) is 2.63. The summed E-state index contributed by atoms with van der Waals surface area (Å²) >= 11 is 3.06. The number of pyridine rings is 1. The predicted molar refractivity (Wildman–Crippen MR) is 89.0 cm³/mol. The molecule has 1 heterocycles. The number of likely N-dealkylation sites (N-methyl/N-ethyl adjacent to an activating group) is 1. The minimum Gasteiger partial charge on any atom is -0.444 e. The summed E-state index contributed by atoms with van der Waals surface area (Å²) in [6.07, 6.45) is 0.866. The van der Waals surface area contributed by atoms with Crippen LogP contribution in [0.25, 0.3) is 0 Å². The minimum absolute atomic E-state index is 0.127. The topological polar surface area (TPSA) is 80.8 Å². The molecular formula is C15H21BrFN3O4. The van der Waals surface area contributed by atoms with E-state index in [1.807, 2.05) is 0 Å². The number of ether oxygens (including phenoxy) is 2. The van der Waals surface area contributed by atoms with Gasteiger partial charge in [0, 0.05) is 24.3 Å². The Balaban J connectivity index is 2.28. The van der Waals surface area contributed by atoms with E-state index in [1.54, 1.807) is 27.8 Å². The molecular weight excluding hydrogens is 385 g/mol. The van der Waals surface area contributed by atoms with Crippen LogP contribution in [0.3, 0.4) is 0 Å². The van der Waals surface area contributed by atoms with Crippen molar-refractivity contribution < 1.29 is 23.5 Å². The van der Waals surface area contributed by atoms with Gasteiger partial charge in [0.15, 0.2) is 11.5 Å². The number of carbonyl (C=O) groups excluding carboxylic acids is 2.